The van der Waals surface area contributed by atoms with Crippen molar-refractivity contribution in [3.63, 3.8) is 0 Å². The summed E-state index contributed by atoms with van der Waals surface area (Å²) in [4.78, 5) is 13.7. The summed E-state index contributed by atoms with van der Waals surface area (Å²) in [6, 6.07) is 11.7. The molecule has 1 aliphatic heterocycles. The number of rotatable bonds is 4. The Hall–Kier alpha value is -2.06. The van der Waals surface area contributed by atoms with Gasteiger partial charge in [0.2, 0.25) is 0 Å². The van der Waals surface area contributed by atoms with Gasteiger partial charge in [-0.3, -0.25) is 0 Å². The maximum atomic E-state index is 12.1. The maximum absolute atomic E-state index is 12.1. The molecule has 1 amide bonds. The molecule has 1 fully saturated rings. The van der Waals surface area contributed by atoms with Gasteiger partial charge in [-0.15, -0.1) is 0 Å². The first kappa shape index (κ1) is 14.4. The first-order valence-electron chi connectivity index (χ1n) is 6.60. The minimum Gasteiger partial charge on any atom is -0.445 e. The molecule has 5 heteroatoms. The van der Waals surface area contributed by atoms with E-state index in [1.54, 1.807) is 12.0 Å². The lowest BCUT2D eigenvalue weighted by Gasteiger charge is -2.23. The van der Waals surface area contributed by atoms with Gasteiger partial charge in [0.1, 0.15) is 6.61 Å². The molecule has 20 heavy (non-hydrogen) atoms. The van der Waals surface area contributed by atoms with Crippen molar-refractivity contribution in [1.29, 1.82) is 5.26 Å². The fourth-order valence-electron chi connectivity index (χ4n) is 2.39. The van der Waals surface area contributed by atoms with Crippen molar-refractivity contribution < 1.29 is 14.3 Å². The van der Waals surface area contributed by atoms with Crippen molar-refractivity contribution in [3.05, 3.63) is 35.9 Å². The van der Waals surface area contributed by atoms with Crippen LogP contribution in [0.15, 0.2) is 30.3 Å². The lowest BCUT2D eigenvalue weighted by Crippen LogP contribution is -2.38. The van der Waals surface area contributed by atoms with Gasteiger partial charge in [-0.05, 0) is 12.0 Å². The van der Waals surface area contributed by atoms with Crippen LogP contribution in [0.5, 0.6) is 0 Å². The first-order chi connectivity index (χ1) is 9.74. The van der Waals surface area contributed by atoms with Crippen LogP contribution in [0.3, 0.4) is 0 Å². The topological polar surface area (TPSA) is 62.6 Å². The summed E-state index contributed by atoms with van der Waals surface area (Å²) in [5, 5.41) is 8.99. The van der Waals surface area contributed by atoms with Gasteiger partial charge in [-0.25, -0.2) is 4.79 Å². The van der Waals surface area contributed by atoms with E-state index in [1.165, 1.54) is 0 Å². The van der Waals surface area contributed by atoms with Crippen LogP contribution in [-0.2, 0) is 16.1 Å². The van der Waals surface area contributed by atoms with Crippen LogP contribution in [-0.4, -0.2) is 37.3 Å². The Kier molecular flexibility index (Phi) is 4.97. The largest absolute Gasteiger partial charge is 0.445 e. The van der Waals surface area contributed by atoms with Gasteiger partial charge in [0.15, 0.2) is 0 Å². The van der Waals surface area contributed by atoms with Crippen molar-refractivity contribution in [2.45, 2.75) is 19.1 Å². The van der Waals surface area contributed by atoms with Crippen molar-refractivity contribution in [2.24, 2.45) is 5.92 Å². The number of hydrogen-bond donors (Lipinski definition) is 0. The van der Waals surface area contributed by atoms with Gasteiger partial charge in [0.05, 0.1) is 24.6 Å². The number of nitriles is 1. The molecule has 1 aliphatic rings. The molecular formula is C15H18N2O3. The van der Waals surface area contributed by atoms with Crippen LogP contribution in [0.4, 0.5) is 4.79 Å². The van der Waals surface area contributed by atoms with Crippen LogP contribution in [0.1, 0.15) is 12.0 Å². The highest BCUT2D eigenvalue weighted by atomic mass is 16.6. The molecule has 0 aliphatic carbocycles. The van der Waals surface area contributed by atoms with Gasteiger partial charge >= 0.3 is 6.09 Å². The standard InChI is InChI=1S/C15H18N2O3/c1-19-11-14-7-13(8-16)9-17(14)15(18)20-10-12-5-3-2-4-6-12/h2-6,13-14H,7,9-11H2,1H3. The number of carbonyl (C=O) groups excluding carboxylic acids is 1. The molecule has 1 aromatic carbocycles. The summed E-state index contributed by atoms with van der Waals surface area (Å²) in [6.45, 7) is 1.09. The number of carbonyl (C=O) groups is 1. The normalized spacial score (nSPS) is 21.5. The lowest BCUT2D eigenvalue weighted by molar-refractivity contribution is 0.0699. The molecule has 1 heterocycles. The summed E-state index contributed by atoms with van der Waals surface area (Å²) in [6.07, 6.45) is 0.263. The lowest BCUT2D eigenvalue weighted by atomic mass is 10.1. The Morgan fingerprint density at radius 2 is 2.20 bits per heavy atom. The highest BCUT2D eigenvalue weighted by Gasteiger charge is 2.36. The van der Waals surface area contributed by atoms with Gasteiger partial charge < -0.3 is 14.4 Å². The summed E-state index contributed by atoms with van der Waals surface area (Å²) in [7, 11) is 1.59. The molecule has 0 spiro atoms. The molecule has 1 saturated heterocycles. The Labute approximate surface area is 118 Å². The van der Waals surface area contributed by atoms with Crippen molar-refractivity contribution in [2.75, 3.05) is 20.3 Å². The number of amides is 1. The zero-order valence-corrected chi connectivity index (χ0v) is 11.5. The van der Waals surface area contributed by atoms with Crippen LogP contribution in [0.25, 0.3) is 0 Å². The first-order valence-corrected chi connectivity index (χ1v) is 6.60. The van der Waals surface area contributed by atoms with E-state index in [2.05, 4.69) is 6.07 Å². The van der Waals surface area contributed by atoms with Crippen molar-refractivity contribution in [1.82, 2.24) is 4.90 Å². The Balaban J connectivity index is 1.92. The average molecular weight is 274 g/mol. The molecule has 5 nitrogen and oxygen atoms in total. The third-order valence-corrected chi connectivity index (χ3v) is 3.40. The summed E-state index contributed by atoms with van der Waals surface area (Å²) >= 11 is 0. The second-order valence-electron chi connectivity index (χ2n) is 4.86. The molecule has 0 saturated carbocycles. The molecule has 2 unspecified atom stereocenters. The van der Waals surface area contributed by atoms with E-state index >= 15 is 0 Å². The number of ether oxygens (including phenoxy) is 2. The van der Waals surface area contributed by atoms with E-state index < -0.39 is 0 Å². The SMILES string of the molecule is COCC1CC(C#N)CN1C(=O)OCc1ccccc1. The number of methoxy groups -OCH3 is 1. The smallest absolute Gasteiger partial charge is 0.410 e. The van der Waals surface area contributed by atoms with Crippen molar-refractivity contribution >= 4 is 6.09 Å². The number of hydrogen-bond acceptors (Lipinski definition) is 4. The number of nitrogens with zero attached hydrogens (tertiary/aromatic N) is 2. The Morgan fingerprint density at radius 3 is 2.85 bits per heavy atom. The van der Waals surface area contributed by atoms with Crippen molar-refractivity contribution in [3.8, 4) is 6.07 Å². The van der Waals surface area contributed by atoms with Gasteiger partial charge in [0, 0.05) is 13.7 Å². The van der Waals surface area contributed by atoms with E-state index in [0.29, 0.717) is 19.6 Å². The van der Waals surface area contributed by atoms with E-state index in [0.717, 1.165) is 5.56 Å². The fourth-order valence-corrected chi connectivity index (χ4v) is 2.39. The van der Waals surface area contributed by atoms with Gasteiger partial charge in [-0.1, -0.05) is 30.3 Å². The molecule has 0 radical (unpaired) electrons. The highest BCUT2D eigenvalue weighted by molar-refractivity contribution is 5.68. The second kappa shape index (κ2) is 6.92. The molecule has 0 aromatic heterocycles. The molecule has 0 bridgehead atoms. The van der Waals surface area contributed by atoms with Gasteiger partial charge in [0.25, 0.3) is 0 Å². The summed E-state index contributed by atoms with van der Waals surface area (Å²) in [5.74, 6) is -0.139. The minimum atomic E-state index is -0.381. The number of likely N-dealkylation sites (tertiary alicyclic amines) is 1. The average Bonchev–Trinajstić information content (AvgIpc) is 2.89. The van der Waals surface area contributed by atoms with Gasteiger partial charge in [-0.2, -0.15) is 5.26 Å². The molecule has 0 N–H and O–H groups in total. The van der Waals surface area contributed by atoms with E-state index in [4.69, 9.17) is 14.7 Å². The zero-order valence-electron chi connectivity index (χ0n) is 11.5. The summed E-state index contributed by atoms with van der Waals surface area (Å²) in [5.41, 5.74) is 0.945. The molecule has 2 atom stereocenters. The zero-order chi connectivity index (χ0) is 14.4. The molecule has 2 rings (SSSR count). The summed E-state index contributed by atoms with van der Waals surface area (Å²) < 4.78 is 10.4. The third kappa shape index (κ3) is 3.49. The number of benzene rings is 1. The predicted molar refractivity (Wildman–Crippen MR) is 72.7 cm³/mol. The highest BCUT2D eigenvalue weighted by Crippen LogP contribution is 2.24. The van der Waals surface area contributed by atoms with Crippen LogP contribution in [0, 0.1) is 17.2 Å². The predicted octanol–water partition coefficient (Wildman–Crippen LogP) is 2.18. The van der Waals surface area contributed by atoms with E-state index in [-0.39, 0.29) is 24.7 Å². The maximum Gasteiger partial charge on any atom is 0.410 e. The molecular weight excluding hydrogens is 256 g/mol. The third-order valence-electron chi connectivity index (χ3n) is 3.40. The monoisotopic (exact) mass is 274 g/mol. The molecule has 106 valence electrons. The Morgan fingerprint density at radius 1 is 1.45 bits per heavy atom. The fraction of sp³-hybridized carbons (Fsp3) is 0.467. The Bertz CT molecular complexity index is 484. The van der Waals surface area contributed by atoms with Crippen LogP contribution in [0.2, 0.25) is 0 Å². The minimum absolute atomic E-state index is 0.0760. The molecule has 1 aromatic rings. The van der Waals surface area contributed by atoms with E-state index in [1.807, 2.05) is 30.3 Å². The quantitative estimate of drug-likeness (QED) is 0.844. The second-order valence-corrected chi connectivity index (χ2v) is 4.86. The van der Waals surface area contributed by atoms with Crippen LogP contribution < -0.4 is 0 Å². The van der Waals surface area contributed by atoms with Crippen LogP contribution >= 0.6 is 0 Å². The van der Waals surface area contributed by atoms with E-state index in [9.17, 15) is 4.79 Å².